The maximum Gasteiger partial charge on any atom is 0.333 e. The van der Waals surface area contributed by atoms with E-state index in [4.69, 9.17) is 14.2 Å². The van der Waals surface area contributed by atoms with Crippen molar-refractivity contribution in [2.45, 2.75) is 39.4 Å². The molecule has 0 bridgehead atoms. The number of ketones is 1. The van der Waals surface area contributed by atoms with E-state index in [-0.39, 0.29) is 60.5 Å². The van der Waals surface area contributed by atoms with Crippen molar-refractivity contribution >= 4 is 17.7 Å². The number of carbonyl (C=O) groups is 3. The molecule has 0 N–H and O–H groups in total. The molecular weight excluding hydrogens is 288 g/mol. The highest BCUT2D eigenvalue weighted by Crippen LogP contribution is 2.44. The summed E-state index contributed by atoms with van der Waals surface area (Å²) in [4.78, 5) is 34.5. The smallest absolute Gasteiger partial charge is 0.333 e. The number of carbonyl (C=O) groups excluding carboxylic acids is 3. The molecule has 1 heterocycles. The summed E-state index contributed by atoms with van der Waals surface area (Å²) in [6, 6.07) is 0. The quantitative estimate of drug-likeness (QED) is 0.543. The minimum atomic E-state index is -0.596. The second-order valence-electron chi connectivity index (χ2n) is 6.24. The average Bonchev–Trinajstić information content (AvgIpc) is 2.90. The van der Waals surface area contributed by atoms with Crippen LogP contribution in [0.2, 0.25) is 0 Å². The van der Waals surface area contributed by atoms with Gasteiger partial charge < -0.3 is 14.2 Å². The van der Waals surface area contributed by atoms with Gasteiger partial charge in [0.15, 0.2) is 12.4 Å². The normalized spacial score (nSPS) is 33.2. The van der Waals surface area contributed by atoms with Crippen LogP contribution in [0.5, 0.6) is 0 Å². The van der Waals surface area contributed by atoms with E-state index in [1.807, 2.05) is 13.8 Å². The Balaban J connectivity index is 1.81. The molecule has 0 aromatic heterocycles. The first kappa shape index (κ1) is 16.7. The van der Waals surface area contributed by atoms with Crippen LogP contribution in [0.15, 0.2) is 12.2 Å². The molecule has 6 heteroatoms. The molecule has 22 heavy (non-hydrogen) atoms. The standard InChI is InChI=1S/C16H22O6/c1-8(2)15(18)21-7-11(17)6-20-13-9(3)5-12-10(4)16(19)22-14(12)13/h9-10,12-14H,1,5-7H2,2-4H3. The third kappa shape index (κ3) is 3.38. The van der Waals surface area contributed by atoms with Gasteiger partial charge in [0.25, 0.3) is 0 Å². The molecular formula is C16H22O6. The van der Waals surface area contributed by atoms with Gasteiger partial charge in [-0.2, -0.15) is 0 Å². The largest absolute Gasteiger partial charge is 0.459 e. The van der Waals surface area contributed by atoms with E-state index >= 15 is 0 Å². The fraction of sp³-hybridized carbons (Fsp3) is 0.688. The number of esters is 2. The van der Waals surface area contributed by atoms with Gasteiger partial charge in [0.1, 0.15) is 12.7 Å². The van der Waals surface area contributed by atoms with Crippen LogP contribution in [-0.4, -0.2) is 43.1 Å². The van der Waals surface area contributed by atoms with Crippen LogP contribution in [-0.2, 0) is 28.6 Å². The minimum absolute atomic E-state index is 0.117. The SMILES string of the molecule is C=C(C)C(=O)OCC(=O)COC1C(C)CC2C(C)C(=O)OC21. The summed E-state index contributed by atoms with van der Waals surface area (Å²) in [7, 11) is 0. The summed E-state index contributed by atoms with van der Waals surface area (Å²) in [5, 5.41) is 0. The highest BCUT2D eigenvalue weighted by atomic mass is 16.6. The van der Waals surface area contributed by atoms with Crippen LogP contribution in [0.1, 0.15) is 27.2 Å². The predicted octanol–water partition coefficient (Wildman–Crippen LogP) is 1.28. The lowest BCUT2D eigenvalue weighted by Crippen LogP contribution is -2.33. The van der Waals surface area contributed by atoms with Crippen molar-refractivity contribution in [3.05, 3.63) is 12.2 Å². The second-order valence-corrected chi connectivity index (χ2v) is 6.24. The van der Waals surface area contributed by atoms with E-state index in [1.54, 1.807) is 0 Å². The zero-order valence-electron chi connectivity index (χ0n) is 13.2. The summed E-state index contributed by atoms with van der Waals surface area (Å²) >= 11 is 0. The Labute approximate surface area is 129 Å². The number of fused-ring (bicyclic) bond motifs is 1. The lowest BCUT2D eigenvalue weighted by Gasteiger charge is -2.21. The van der Waals surface area contributed by atoms with Gasteiger partial charge in [-0.25, -0.2) is 4.79 Å². The van der Waals surface area contributed by atoms with Crippen molar-refractivity contribution in [1.29, 1.82) is 0 Å². The average molecular weight is 310 g/mol. The molecule has 0 spiro atoms. The molecule has 0 aromatic carbocycles. The molecule has 2 rings (SSSR count). The lowest BCUT2D eigenvalue weighted by molar-refractivity contribution is -0.153. The molecule has 1 saturated carbocycles. The summed E-state index contributed by atoms with van der Waals surface area (Å²) < 4.78 is 15.8. The van der Waals surface area contributed by atoms with Crippen LogP contribution in [0, 0.1) is 17.8 Å². The fourth-order valence-corrected chi connectivity index (χ4v) is 3.08. The van der Waals surface area contributed by atoms with Gasteiger partial charge in [0, 0.05) is 11.5 Å². The van der Waals surface area contributed by atoms with Gasteiger partial charge in [-0.05, 0) is 19.3 Å². The van der Waals surface area contributed by atoms with Gasteiger partial charge in [-0.3, -0.25) is 9.59 Å². The Morgan fingerprint density at radius 1 is 1.32 bits per heavy atom. The number of hydrogen-bond acceptors (Lipinski definition) is 6. The third-order valence-electron chi connectivity index (χ3n) is 4.37. The molecule has 0 aromatic rings. The lowest BCUT2D eigenvalue weighted by atomic mass is 9.93. The Morgan fingerprint density at radius 3 is 2.64 bits per heavy atom. The van der Waals surface area contributed by atoms with Crippen molar-refractivity contribution in [1.82, 2.24) is 0 Å². The second kappa shape index (κ2) is 6.60. The number of ether oxygens (including phenoxy) is 3. The van der Waals surface area contributed by atoms with E-state index in [9.17, 15) is 14.4 Å². The zero-order valence-corrected chi connectivity index (χ0v) is 13.2. The number of Topliss-reactive ketones (excluding diaryl/α,β-unsaturated/α-hetero) is 1. The molecule has 0 amide bonds. The first-order valence-corrected chi connectivity index (χ1v) is 7.47. The van der Waals surface area contributed by atoms with Crippen LogP contribution >= 0.6 is 0 Å². The molecule has 1 aliphatic carbocycles. The Hall–Kier alpha value is -1.69. The van der Waals surface area contributed by atoms with Gasteiger partial charge >= 0.3 is 11.9 Å². The summed E-state index contributed by atoms with van der Waals surface area (Å²) in [5.74, 6) is -0.866. The molecule has 122 valence electrons. The van der Waals surface area contributed by atoms with Gasteiger partial charge in [0.2, 0.25) is 0 Å². The van der Waals surface area contributed by atoms with Gasteiger partial charge in [0.05, 0.1) is 12.0 Å². The first-order chi connectivity index (χ1) is 10.3. The van der Waals surface area contributed by atoms with Crippen molar-refractivity contribution in [2.75, 3.05) is 13.2 Å². The highest BCUT2D eigenvalue weighted by molar-refractivity contribution is 5.90. The third-order valence-corrected chi connectivity index (χ3v) is 4.37. The zero-order chi connectivity index (χ0) is 16.4. The number of rotatable bonds is 6. The van der Waals surface area contributed by atoms with E-state index in [1.165, 1.54) is 6.92 Å². The van der Waals surface area contributed by atoms with E-state index in [0.29, 0.717) is 0 Å². The summed E-state index contributed by atoms with van der Waals surface area (Å²) in [6.45, 7) is 8.34. The maximum atomic E-state index is 11.7. The summed E-state index contributed by atoms with van der Waals surface area (Å²) in [5.41, 5.74) is 0.243. The molecule has 2 fully saturated rings. The van der Waals surface area contributed by atoms with Crippen molar-refractivity contribution < 1.29 is 28.6 Å². The van der Waals surface area contributed by atoms with Crippen molar-refractivity contribution in [2.24, 2.45) is 17.8 Å². The molecule has 5 atom stereocenters. The fourth-order valence-electron chi connectivity index (χ4n) is 3.08. The topological polar surface area (TPSA) is 78.9 Å². The predicted molar refractivity (Wildman–Crippen MR) is 76.8 cm³/mol. The van der Waals surface area contributed by atoms with E-state index in [2.05, 4.69) is 6.58 Å². The number of hydrogen-bond donors (Lipinski definition) is 0. The molecule has 1 saturated heterocycles. The van der Waals surface area contributed by atoms with Crippen LogP contribution < -0.4 is 0 Å². The van der Waals surface area contributed by atoms with Crippen LogP contribution in [0.25, 0.3) is 0 Å². The Kier molecular flexibility index (Phi) is 5.01. The van der Waals surface area contributed by atoms with Crippen molar-refractivity contribution in [3.63, 3.8) is 0 Å². The molecule has 5 unspecified atom stereocenters. The molecule has 6 nitrogen and oxygen atoms in total. The maximum absolute atomic E-state index is 11.7. The Bertz CT molecular complexity index is 497. The highest BCUT2D eigenvalue weighted by Gasteiger charge is 2.53. The molecule has 1 aliphatic heterocycles. The van der Waals surface area contributed by atoms with Crippen LogP contribution in [0.4, 0.5) is 0 Å². The van der Waals surface area contributed by atoms with Gasteiger partial charge in [-0.15, -0.1) is 0 Å². The van der Waals surface area contributed by atoms with Crippen molar-refractivity contribution in [3.8, 4) is 0 Å². The molecule has 0 radical (unpaired) electrons. The van der Waals surface area contributed by atoms with E-state index in [0.717, 1.165) is 6.42 Å². The van der Waals surface area contributed by atoms with Gasteiger partial charge in [-0.1, -0.05) is 20.4 Å². The first-order valence-electron chi connectivity index (χ1n) is 7.47. The Morgan fingerprint density at radius 2 is 2.00 bits per heavy atom. The molecule has 2 aliphatic rings. The monoisotopic (exact) mass is 310 g/mol. The van der Waals surface area contributed by atoms with E-state index < -0.39 is 5.97 Å². The summed E-state index contributed by atoms with van der Waals surface area (Å²) in [6.07, 6.45) is 0.295. The van der Waals surface area contributed by atoms with Crippen LogP contribution in [0.3, 0.4) is 0 Å². The minimum Gasteiger partial charge on any atom is -0.459 e.